The van der Waals surface area contributed by atoms with E-state index < -0.39 is 12.0 Å². The van der Waals surface area contributed by atoms with Crippen LogP contribution < -0.4 is 15.2 Å². The number of rotatable bonds is 2. The molecule has 6 heteroatoms. The molecule has 2 N–H and O–H groups in total. The van der Waals surface area contributed by atoms with Gasteiger partial charge in [-0.2, -0.15) is 0 Å². The number of amides is 1. The fourth-order valence-electron chi connectivity index (χ4n) is 1.99. The molecule has 0 radical (unpaired) electrons. The number of carbonyl (C=O) groups excluding carboxylic acids is 1. The van der Waals surface area contributed by atoms with E-state index in [-0.39, 0.29) is 6.61 Å². The van der Waals surface area contributed by atoms with Gasteiger partial charge < -0.3 is 15.2 Å². The maximum Gasteiger partial charge on any atom is 0.262 e. The summed E-state index contributed by atoms with van der Waals surface area (Å²) in [5.74, 6) is 0.448. The van der Waals surface area contributed by atoms with Gasteiger partial charge in [-0.05, 0) is 24.3 Å². The zero-order valence-corrected chi connectivity index (χ0v) is 11.1. The van der Waals surface area contributed by atoms with E-state index in [1.165, 1.54) is 0 Å². The van der Waals surface area contributed by atoms with Crippen molar-refractivity contribution >= 4 is 17.5 Å². The summed E-state index contributed by atoms with van der Waals surface area (Å²) in [4.78, 5) is 15.5. The zero-order valence-electron chi connectivity index (χ0n) is 10.4. The lowest BCUT2D eigenvalue weighted by Crippen LogP contribution is -2.41. The lowest BCUT2D eigenvalue weighted by molar-refractivity contribution is -0.126. The average Bonchev–Trinajstić information content (AvgIpc) is 2.46. The quantitative estimate of drug-likeness (QED) is 0.918. The minimum atomic E-state index is -0.803. The van der Waals surface area contributed by atoms with Gasteiger partial charge in [0.05, 0.1) is 5.69 Å². The van der Waals surface area contributed by atoms with E-state index in [1.807, 2.05) is 12.1 Å². The van der Waals surface area contributed by atoms with Gasteiger partial charge in [-0.1, -0.05) is 17.7 Å². The summed E-state index contributed by atoms with van der Waals surface area (Å²) in [6.45, 7) is 0.106. The number of pyridine rings is 1. The predicted molar refractivity (Wildman–Crippen MR) is 73.8 cm³/mol. The molecule has 0 spiro atoms. The van der Waals surface area contributed by atoms with Crippen LogP contribution >= 0.6 is 11.6 Å². The Morgan fingerprint density at radius 3 is 3.00 bits per heavy atom. The second-order valence-electron chi connectivity index (χ2n) is 4.31. The smallest absolute Gasteiger partial charge is 0.262 e. The summed E-state index contributed by atoms with van der Waals surface area (Å²) >= 11 is 5.97. The van der Waals surface area contributed by atoms with Gasteiger partial charge in [0.1, 0.15) is 6.61 Å². The molecular formula is C14H11ClN2O3. The Labute approximate surface area is 120 Å². The number of hydrogen-bond donors (Lipinski definition) is 1. The molecule has 1 amide bonds. The first kappa shape index (κ1) is 12.7. The van der Waals surface area contributed by atoms with Crippen molar-refractivity contribution in [1.29, 1.82) is 0 Å². The highest BCUT2D eigenvalue weighted by atomic mass is 35.5. The number of benzene rings is 1. The predicted octanol–water partition coefficient (Wildman–Crippen LogP) is 2.03. The van der Waals surface area contributed by atoms with Crippen molar-refractivity contribution in [2.24, 2.45) is 5.73 Å². The van der Waals surface area contributed by atoms with Crippen LogP contribution in [0.25, 0.3) is 11.3 Å². The van der Waals surface area contributed by atoms with Crippen LogP contribution in [0.5, 0.6) is 11.5 Å². The van der Waals surface area contributed by atoms with E-state index in [2.05, 4.69) is 4.98 Å². The van der Waals surface area contributed by atoms with Crippen LogP contribution in [0.3, 0.4) is 0 Å². The molecule has 0 aliphatic carbocycles. The van der Waals surface area contributed by atoms with Crippen LogP contribution in [-0.2, 0) is 4.79 Å². The Bertz CT molecular complexity index is 675. The molecule has 2 heterocycles. The Morgan fingerprint density at radius 2 is 2.25 bits per heavy atom. The molecule has 0 bridgehead atoms. The van der Waals surface area contributed by atoms with Crippen molar-refractivity contribution in [3.05, 3.63) is 41.6 Å². The van der Waals surface area contributed by atoms with Gasteiger partial charge in [-0.3, -0.25) is 9.78 Å². The highest BCUT2D eigenvalue weighted by Crippen LogP contribution is 2.40. The molecule has 2 aromatic rings. The van der Waals surface area contributed by atoms with Crippen molar-refractivity contribution in [2.75, 3.05) is 6.61 Å². The van der Waals surface area contributed by atoms with Crippen LogP contribution in [0.1, 0.15) is 0 Å². The van der Waals surface area contributed by atoms with Gasteiger partial charge in [0, 0.05) is 16.8 Å². The van der Waals surface area contributed by atoms with Crippen molar-refractivity contribution in [1.82, 2.24) is 4.98 Å². The SMILES string of the molecule is NC(=O)C1COc2cccc(-c3cc(Cl)ccn3)c2O1. The number of nitrogens with zero attached hydrogens (tertiary/aromatic N) is 1. The fraction of sp³-hybridized carbons (Fsp3) is 0.143. The first-order valence-corrected chi connectivity index (χ1v) is 6.36. The van der Waals surface area contributed by atoms with Crippen molar-refractivity contribution < 1.29 is 14.3 Å². The van der Waals surface area contributed by atoms with Crippen LogP contribution in [0.2, 0.25) is 5.02 Å². The summed E-state index contributed by atoms with van der Waals surface area (Å²) < 4.78 is 11.1. The van der Waals surface area contributed by atoms with Crippen LogP contribution in [0.15, 0.2) is 36.5 Å². The minimum absolute atomic E-state index is 0.106. The van der Waals surface area contributed by atoms with E-state index in [4.69, 9.17) is 26.8 Å². The number of aromatic nitrogens is 1. The molecule has 1 aliphatic rings. The van der Waals surface area contributed by atoms with E-state index >= 15 is 0 Å². The van der Waals surface area contributed by atoms with E-state index in [9.17, 15) is 4.79 Å². The molecule has 1 atom stereocenters. The third-order valence-electron chi connectivity index (χ3n) is 2.94. The van der Waals surface area contributed by atoms with Crippen molar-refractivity contribution in [3.63, 3.8) is 0 Å². The number of hydrogen-bond acceptors (Lipinski definition) is 4. The molecule has 20 heavy (non-hydrogen) atoms. The van der Waals surface area contributed by atoms with Gasteiger partial charge in [0.25, 0.3) is 5.91 Å². The highest BCUT2D eigenvalue weighted by Gasteiger charge is 2.28. The Morgan fingerprint density at radius 1 is 1.40 bits per heavy atom. The van der Waals surface area contributed by atoms with Gasteiger partial charge in [-0.15, -0.1) is 0 Å². The Kier molecular flexibility index (Phi) is 3.20. The molecule has 1 aromatic carbocycles. The lowest BCUT2D eigenvalue weighted by Gasteiger charge is -2.26. The van der Waals surface area contributed by atoms with E-state index in [0.717, 1.165) is 0 Å². The summed E-state index contributed by atoms with van der Waals surface area (Å²) in [5, 5.41) is 0.566. The van der Waals surface area contributed by atoms with Gasteiger partial charge >= 0.3 is 0 Å². The second-order valence-corrected chi connectivity index (χ2v) is 4.75. The number of carbonyl (C=O) groups is 1. The molecule has 0 fully saturated rings. The Balaban J connectivity index is 2.08. The molecule has 3 rings (SSSR count). The second kappa shape index (κ2) is 5.02. The Hall–Kier alpha value is -2.27. The van der Waals surface area contributed by atoms with Gasteiger partial charge in [-0.25, -0.2) is 0 Å². The first-order valence-electron chi connectivity index (χ1n) is 5.99. The van der Waals surface area contributed by atoms with Gasteiger partial charge in [0.15, 0.2) is 11.5 Å². The number of halogens is 1. The monoisotopic (exact) mass is 290 g/mol. The number of para-hydroxylation sites is 1. The minimum Gasteiger partial charge on any atom is -0.485 e. The number of ether oxygens (including phenoxy) is 2. The van der Waals surface area contributed by atoms with Crippen LogP contribution in [0.4, 0.5) is 0 Å². The highest BCUT2D eigenvalue weighted by molar-refractivity contribution is 6.30. The molecule has 0 saturated heterocycles. The molecule has 5 nitrogen and oxygen atoms in total. The maximum absolute atomic E-state index is 11.2. The summed E-state index contributed by atoms with van der Waals surface area (Å²) in [5.41, 5.74) is 6.60. The fourth-order valence-corrected chi connectivity index (χ4v) is 2.15. The summed E-state index contributed by atoms with van der Waals surface area (Å²) in [7, 11) is 0. The molecule has 1 aromatic heterocycles. The largest absolute Gasteiger partial charge is 0.485 e. The topological polar surface area (TPSA) is 74.4 Å². The van der Waals surface area contributed by atoms with Gasteiger partial charge in [0.2, 0.25) is 6.10 Å². The molecular weight excluding hydrogens is 280 g/mol. The normalized spacial score (nSPS) is 16.8. The first-order chi connectivity index (χ1) is 9.65. The molecule has 0 saturated carbocycles. The third kappa shape index (κ3) is 2.28. The molecule has 1 aliphatic heterocycles. The number of nitrogens with two attached hydrogens (primary N) is 1. The van der Waals surface area contributed by atoms with Crippen LogP contribution in [-0.4, -0.2) is 23.6 Å². The zero-order chi connectivity index (χ0) is 14.1. The van der Waals surface area contributed by atoms with Crippen molar-refractivity contribution in [3.8, 4) is 22.8 Å². The van der Waals surface area contributed by atoms with Crippen molar-refractivity contribution in [2.45, 2.75) is 6.10 Å². The molecule has 1 unspecified atom stereocenters. The van der Waals surface area contributed by atoms with E-state index in [1.54, 1.807) is 24.4 Å². The maximum atomic E-state index is 11.2. The van der Waals surface area contributed by atoms with Crippen LogP contribution in [0, 0.1) is 0 Å². The third-order valence-corrected chi connectivity index (χ3v) is 3.18. The number of primary amides is 1. The average molecular weight is 291 g/mol. The van der Waals surface area contributed by atoms with E-state index in [0.29, 0.717) is 27.8 Å². The summed E-state index contributed by atoms with van der Waals surface area (Å²) in [6, 6.07) is 8.81. The lowest BCUT2D eigenvalue weighted by atomic mass is 10.1. The molecule has 102 valence electrons. The number of fused-ring (bicyclic) bond motifs is 1. The standard InChI is InChI=1S/C14H11ClN2O3/c15-8-4-5-17-10(6-8)9-2-1-3-11-13(9)20-12(7-19-11)14(16)18/h1-6,12H,7H2,(H2,16,18). The summed E-state index contributed by atoms with van der Waals surface area (Å²) in [6.07, 6.45) is 0.801.